The van der Waals surface area contributed by atoms with Crippen LogP contribution in [-0.4, -0.2) is 30.0 Å². The molecule has 3 nitrogen and oxygen atoms in total. The summed E-state index contributed by atoms with van der Waals surface area (Å²) in [4.78, 5) is 7.48. The minimum atomic E-state index is 0.718. The number of thiazole rings is 1. The molecule has 0 amide bonds. The van der Waals surface area contributed by atoms with E-state index in [4.69, 9.17) is 5.73 Å². The first-order chi connectivity index (χ1) is 5.33. The van der Waals surface area contributed by atoms with Crippen LogP contribution in [0, 0.1) is 0 Å². The largest absolute Gasteiger partial charge is 0.329 e. The molecule has 0 saturated carbocycles. The third kappa shape index (κ3) is 2.96. The van der Waals surface area contributed by atoms with Gasteiger partial charge in [-0.2, -0.15) is 0 Å². The summed E-state index contributed by atoms with van der Waals surface area (Å²) in [5.74, 6) is 0. The van der Waals surface area contributed by atoms with Crippen LogP contribution >= 0.6 is 11.3 Å². The minimum absolute atomic E-state index is 0.718. The second-order valence-electron chi connectivity index (χ2n) is 2.49. The van der Waals surface area contributed by atoms with Gasteiger partial charge >= 0.3 is 0 Å². The molecule has 0 aliphatic heterocycles. The van der Waals surface area contributed by atoms with Gasteiger partial charge in [0.1, 0.15) is 0 Å². The van der Waals surface area contributed by atoms with Crippen LogP contribution < -0.4 is 5.73 Å². The van der Waals surface area contributed by atoms with E-state index in [1.165, 1.54) is 4.88 Å². The van der Waals surface area contributed by atoms with Gasteiger partial charge in [-0.25, -0.2) is 0 Å². The Morgan fingerprint density at radius 1 is 1.73 bits per heavy atom. The second kappa shape index (κ2) is 4.43. The average Bonchev–Trinajstić information content (AvgIpc) is 2.40. The Morgan fingerprint density at radius 3 is 3.09 bits per heavy atom. The first-order valence-electron chi connectivity index (χ1n) is 3.59. The summed E-state index contributed by atoms with van der Waals surface area (Å²) in [5, 5.41) is 0. The number of nitrogens with zero attached hydrogens (tertiary/aromatic N) is 2. The van der Waals surface area contributed by atoms with Gasteiger partial charge in [0.05, 0.1) is 5.51 Å². The van der Waals surface area contributed by atoms with Gasteiger partial charge in [0.2, 0.25) is 0 Å². The maximum Gasteiger partial charge on any atom is 0.0794 e. The number of aromatic nitrogens is 1. The zero-order chi connectivity index (χ0) is 8.10. The van der Waals surface area contributed by atoms with E-state index < -0.39 is 0 Å². The Bertz CT molecular complexity index is 186. The summed E-state index contributed by atoms with van der Waals surface area (Å²) >= 11 is 1.68. The molecule has 1 aromatic heterocycles. The molecular weight excluding hydrogens is 158 g/mol. The molecule has 0 spiro atoms. The van der Waals surface area contributed by atoms with E-state index in [2.05, 4.69) is 16.9 Å². The number of likely N-dealkylation sites (N-methyl/N-ethyl adjacent to an activating group) is 1. The van der Waals surface area contributed by atoms with E-state index in [1.54, 1.807) is 11.3 Å². The molecule has 1 heterocycles. The molecular formula is C7H13N3S. The van der Waals surface area contributed by atoms with E-state index in [9.17, 15) is 0 Å². The van der Waals surface area contributed by atoms with Crippen LogP contribution in [0.5, 0.6) is 0 Å². The first-order valence-corrected chi connectivity index (χ1v) is 4.47. The normalized spacial score (nSPS) is 10.8. The third-order valence-electron chi connectivity index (χ3n) is 1.42. The molecule has 1 aromatic rings. The summed E-state index contributed by atoms with van der Waals surface area (Å²) in [6.07, 6.45) is 1.90. The van der Waals surface area contributed by atoms with E-state index >= 15 is 0 Å². The predicted octanol–water partition coefficient (Wildman–Crippen LogP) is 0.534. The van der Waals surface area contributed by atoms with E-state index in [-0.39, 0.29) is 0 Å². The molecule has 0 unspecified atom stereocenters. The number of rotatable bonds is 4. The molecule has 0 aromatic carbocycles. The van der Waals surface area contributed by atoms with Crippen LogP contribution in [-0.2, 0) is 6.54 Å². The van der Waals surface area contributed by atoms with E-state index in [1.807, 2.05) is 11.7 Å². The Labute approximate surface area is 70.9 Å². The van der Waals surface area contributed by atoms with Gasteiger partial charge in [0, 0.05) is 30.7 Å². The van der Waals surface area contributed by atoms with Crippen LogP contribution in [0.2, 0.25) is 0 Å². The van der Waals surface area contributed by atoms with Gasteiger partial charge in [0.25, 0.3) is 0 Å². The molecule has 0 saturated heterocycles. The highest BCUT2D eigenvalue weighted by atomic mass is 32.1. The molecule has 1 rings (SSSR count). The molecule has 0 atom stereocenters. The van der Waals surface area contributed by atoms with Crippen LogP contribution in [0.3, 0.4) is 0 Å². The average molecular weight is 171 g/mol. The maximum absolute atomic E-state index is 5.40. The van der Waals surface area contributed by atoms with Crippen LogP contribution in [0.15, 0.2) is 11.7 Å². The fourth-order valence-corrected chi connectivity index (χ4v) is 1.56. The molecule has 0 fully saturated rings. The van der Waals surface area contributed by atoms with Gasteiger partial charge < -0.3 is 5.73 Å². The Balaban J connectivity index is 2.31. The van der Waals surface area contributed by atoms with Crippen molar-refractivity contribution in [2.75, 3.05) is 20.1 Å². The van der Waals surface area contributed by atoms with Gasteiger partial charge in [-0.3, -0.25) is 9.88 Å². The maximum atomic E-state index is 5.40. The lowest BCUT2D eigenvalue weighted by atomic mass is 10.4. The number of hydrogen-bond donors (Lipinski definition) is 1. The van der Waals surface area contributed by atoms with Crippen LogP contribution in [0.25, 0.3) is 0 Å². The predicted molar refractivity (Wildman–Crippen MR) is 47.5 cm³/mol. The zero-order valence-corrected chi connectivity index (χ0v) is 7.47. The van der Waals surface area contributed by atoms with Gasteiger partial charge in [-0.1, -0.05) is 0 Å². The topological polar surface area (TPSA) is 42.1 Å². The highest BCUT2D eigenvalue weighted by Gasteiger charge is 1.98. The minimum Gasteiger partial charge on any atom is -0.329 e. The third-order valence-corrected chi connectivity index (χ3v) is 2.18. The summed E-state index contributed by atoms with van der Waals surface area (Å²) in [6.45, 7) is 2.62. The van der Waals surface area contributed by atoms with E-state index in [0.717, 1.165) is 19.6 Å². The Morgan fingerprint density at radius 2 is 2.55 bits per heavy atom. The van der Waals surface area contributed by atoms with Crippen molar-refractivity contribution in [3.63, 3.8) is 0 Å². The molecule has 11 heavy (non-hydrogen) atoms. The van der Waals surface area contributed by atoms with Crippen molar-refractivity contribution >= 4 is 11.3 Å². The van der Waals surface area contributed by atoms with Crippen molar-refractivity contribution in [1.82, 2.24) is 9.88 Å². The van der Waals surface area contributed by atoms with Crippen molar-refractivity contribution in [2.45, 2.75) is 6.54 Å². The zero-order valence-electron chi connectivity index (χ0n) is 6.66. The smallest absolute Gasteiger partial charge is 0.0794 e. The second-order valence-corrected chi connectivity index (χ2v) is 3.47. The fraction of sp³-hybridized carbons (Fsp3) is 0.571. The molecule has 0 radical (unpaired) electrons. The van der Waals surface area contributed by atoms with Gasteiger partial charge in [-0.05, 0) is 7.05 Å². The van der Waals surface area contributed by atoms with E-state index in [0.29, 0.717) is 0 Å². The highest BCUT2D eigenvalue weighted by Crippen LogP contribution is 2.07. The van der Waals surface area contributed by atoms with Crippen molar-refractivity contribution in [2.24, 2.45) is 5.73 Å². The lowest BCUT2D eigenvalue weighted by Crippen LogP contribution is -2.24. The molecule has 4 heteroatoms. The monoisotopic (exact) mass is 171 g/mol. The van der Waals surface area contributed by atoms with Crippen molar-refractivity contribution in [3.8, 4) is 0 Å². The van der Waals surface area contributed by atoms with Crippen molar-refractivity contribution in [3.05, 3.63) is 16.6 Å². The van der Waals surface area contributed by atoms with Crippen molar-refractivity contribution in [1.29, 1.82) is 0 Å². The molecule has 0 aliphatic carbocycles. The quantitative estimate of drug-likeness (QED) is 0.718. The molecule has 2 N–H and O–H groups in total. The lowest BCUT2D eigenvalue weighted by molar-refractivity contribution is 0.339. The Hall–Kier alpha value is -0.450. The summed E-state index contributed by atoms with van der Waals surface area (Å²) in [5.41, 5.74) is 7.26. The van der Waals surface area contributed by atoms with Crippen LogP contribution in [0.4, 0.5) is 0 Å². The molecule has 0 bridgehead atoms. The number of hydrogen-bond acceptors (Lipinski definition) is 4. The Kier molecular flexibility index (Phi) is 3.48. The standard InChI is InChI=1S/C7H13N3S/c1-10(3-2-8)5-7-4-9-6-11-7/h4,6H,2-3,5,8H2,1H3. The molecule has 0 aliphatic rings. The summed E-state index contributed by atoms with van der Waals surface area (Å²) < 4.78 is 0. The van der Waals surface area contributed by atoms with Crippen molar-refractivity contribution < 1.29 is 0 Å². The summed E-state index contributed by atoms with van der Waals surface area (Å²) in [7, 11) is 2.06. The van der Waals surface area contributed by atoms with Gasteiger partial charge in [-0.15, -0.1) is 11.3 Å². The first kappa shape index (κ1) is 8.64. The molecule has 62 valence electrons. The number of nitrogens with two attached hydrogens (primary N) is 1. The fourth-order valence-electron chi connectivity index (χ4n) is 0.886. The van der Waals surface area contributed by atoms with Crippen LogP contribution in [0.1, 0.15) is 4.88 Å². The lowest BCUT2D eigenvalue weighted by Gasteiger charge is -2.12. The highest BCUT2D eigenvalue weighted by molar-refractivity contribution is 7.09. The summed E-state index contributed by atoms with van der Waals surface area (Å²) in [6, 6.07) is 0. The SMILES string of the molecule is CN(CCN)Cc1cncs1. The van der Waals surface area contributed by atoms with Gasteiger partial charge in [0.15, 0.2) is 0 Å².